The molecule has 10 heteroatoms. The molecule has 0 bridgehead atoms. The summed E-state index contributed by atoms with van der Waals surface area (Å²) in [6.45, 7) is 0.962. The monoisotopic (exact) mass is 521 g/mol. The van der Waals surface area contributed by atoms with E-state index < -0.39 is 17.2 Å². The Morgan fingerprint density at radius 2 is 1.94 bits per heavy atom. The zero-order valence-electron chi connectivity index (χ0n) is 17.8. The lowest BCUT2D eigenvalue weighted by Crippen LogP contribution is -2.24. The Bertz CT molecular complexity index is 1420. The normalized spacial score (nSPS) is 18.4. The maximum Gasteiger partial charge on any atom is 0.341 e. The Balaban J connectivity index is 1.50. The van der Waals surface area contributed by atoms with Gasteiger partial charge in [0.05, 0.1) is 32.7 Å². The van der Waals surface area contributed by atoms with Crippen LogP contribution in [0, 0.1) is 5.82 Å². The number of aromatic nitrogens is 1. The molecule has 2 aliphatic rings. The van der Waals surface area contributed by atoms with Gasteiger partial charge in [0.15, 0.2) is 0 Å². The smallest absolute Gasteiger partial charge is 0.341 e. The summed E-state index contributed by atoms with van der Waals surface area (Å²) in [7, 11) is 0. The van der Waals surface area contributed by atoms with Gasteiger partial charge in [-0.2, -0.15) is 0 Å². The third kappa shape index (κ3) is 4.17. The Labute approximate surface area is 209 Å². The van der Waals surface area contributed by atoms with E-state index in [1.807, 2.05) is 4.90 Å². The van der Waals surface area contributed by atoms with Gasteiger partial charge in [0.1, 0.15) is 11.4 Å². The molecule has 1 saturated heterocycles. The third-order valence-electron chi connectivity index (χ3n) is 6.22. The van der Waals surface area contributed by atoms with Gasteiger partial charge in [0.25, 0.3) is 0 Å². The Hall–Kier alpha value is -2.61. The van der Waals surface area contributed by atoms with E-state index in [0.29, 0.717) is 35.1 Å². The number of aliphatic imine (C=N–C) groups is 1. The summed E-state index contributed by atoms with van der Waals surface area (Å²) in [5.74, 6) is -2.01. The molecule has 6 nitrogen and oxygen atoms in total. The van der Waals surface area contributed by atoms with Crippen molar-refractivity contribution in [2.45, 2.75) is 31.3 Å². The van der Waals surface area contributed by atoms with Crippen molar-refractivity contribution in [1.29, 1.82) is 0 Å². The van der Waals surface area contributed by atoms with Crippen molar-refractivity contribution < 1.29 is 14.3 Å². The summed E-state index contributed by atoms with van der Waals surface area (Å²) in [5, 5.41) is 10.6. The van der Waals surface area contributed by atoms with E-state index in [4.69, 9.17) is 34.8 Å². The first-order valence-electron chi connectivity index (χ1n) is 10.8. The fourth-order valence-electron chi connectivity index (χ4n) is 4.37. The van der Waals surface area contributed by atoms with Crippen molar-refractivity contribution in [1.82, 2.24) is 4.57 Å². The van der Waals surface area contributed by atoms with Crippen molar-refractivity contribution in [3.05, 3.63) is 72.7 Å². The molecule has 1 N–H and O–H groups in total. The lowest BCUT2D eigenvalue weighted by atomic mass is 10.1. The number of benzene rings is 2. The predicted octanol–water partition coefficient (Wildman–Crippen LogP) is 5.83. The first-order valence-corrected chi connectivity index (χ1v) is 11.9. The van der Waals surface area contributed by atoms with Crippen LogP contribution in [-0.4, -0.2) is 41.0 Å². The summed E-state index contributed by atoms with van der Waals surface area (Å²) in [4.78, 5) is 30.7. The number of hydrogen-bond donors (Lipinski definition) is 1. The number of hydrogen-bond acceptors (Lipinski definition) is 4. The molecule has 1 aromatic heterocycles. The van der Waals surface area contributed by atoms with Crippen LogP contribution in [0.1, 0.15) is 41.2 Å². The van der Waals surface area contributed by atoms with Crippen molar-refractivity contribution in [2.75, 3.05) is 18.0 Å². The molecule has 0 amide bonds. The predicted molar refractivity (Wildman–Crippen MR) is 133 cm³/mol. The molecular weight excluding hydrogens is 504 g/mol. The second kappa shape index (κ2) is 8.87. The second-order valence-electron chi connectivity index (χ2n) is 8.57. The molecular formula is C24H19Cl3FN3O3. The van der Waals surface area contributed by atoms with Crippen LogP contribution in [0.2, 0.25) is 15.1 Å². The van der Waals surface area contributed by atoms with Gasteiger partial charge in [-0.1, -0.05) is 40.9 Å². The first-order chi connectivity index (χ1) is 16.2. The number of pyridine rings is 1. The Morgan fingerprint density at radius 3 is 2.62 bits per heavy atom. The highest BCUT2D eigenvalue weighted by atomic mass is 35.5. The standard InChI is InChI=1S/C24H19Cl3FN3O3/c25-13-2-1-12(18(26)7-13)9-29-14-5-6-30(10-14)22-19(28)8-16-21(20(22)27)31(15-3-4-15)11-17(23(16)32)24(33)34/h1-2,7-9,11,14-15H,3-6,10H2,(H,33,34)/b29-9+. The summed E-state index contributed by atoms with van der Waals surface area (Å²) in [5.41, 5.74) is 0.181. The summed E-state index contributed by atoms with van der Waals surface area (Å²) >= 11 is 18.9. The zero-order chi connectivity index (χ0) is 24.1. The topological polar surface area (TPSA) is 74.9 Å². The Morgan fingerprint density at radius 1 is 1.18 bits per heavy atom. The van der Waals surface area contributed by atoms with Crippen molar-refractivity contribution in [3.63, 3.8) is 0 Å². The van der Waals surface area contributed by atoms with E-state index in [0.717, 1.165) is 24.5 Å². The van der Waals surface area contributed by atoms with Gasteiger partial charge < -0.3 is 14.6 Å². The van der Waals surface area contributed by atoms with Gasteiger partial charge in [-0.15, -0.1) is 0 Å². The molecule has 34 heavy (non-hydrogen) atoms. The highest BCUT2D eigenvalue weighted by molar-refractivity contribution is 6.38. The minimum atomic E-state index is -1.34. The van der Waals surface area contributed by atoms with E-state index in [1.54, 1.807) is 29.0 Å². The molecule has 1 aliphatic carbocycles. The van der Waals surface area contributed by atoms with Crippen LogP contribution in [0.4, 0.5) is 10.1 Å². The van der Waals surface area contributed by atoms with Crippen LogP contribution in [-0.2, 0) is 0 Å². The number of aromatic carboxylic acids is 1. The lowest BCUT2D eigenvalue weighted by molar-refractivity contribution is 0.0695. The number of carboxylic acid groups (broad SMARTS) is 1. The average molecular weight is 523 g/mol. The SMILES string of the molecule is O=C(O)c1cn(C2CC2)c2c(Cl)c(N3CCC(/N=C/c4ccc(Cl)cc4Cl)C3)c(F)cc2c1=O. The Kier molecular flexibility index (Phi) is 6.04. The number of anilines is 1. The van der Waals surface area contributed by atoms with E-state index in [1.165, 1.54) is 6.20 Å². The molecule has 1 atom stereocenters. The van der Waals surface area contributed by atoms with Crippen LogP contribution in [0.15, 0.2) is 40.2 Å². The number of nitrogens with zero attached hydrogens (tertiary/aromatic N) is 3. The molecule has 2 fully saturated rings. The molecule has 176 valence electrons. The molecule has 2 aromatic carbocycles. The zero-order valence-corrected chi connectivity index (χ0v) is 20.0. The van der Waals surface area contributed by atoms with E-state index in [-0.39, 0.29) is 33.7 Å². The maximum absolute atomic E-state index is 15.3. The van der Waals surface area contributed by atoms with E-state index >= 15 is 4.39 Å². The van der Waals surface area contributed by atoms with E-state index in [2.05, 4.69) is 4.99 Å². The number of carbonyl (C=O) groups is 1. The van der Waals surface area contributed by atoms with Gasteiger partial charge >= 0.3 is 5.97 Å². The number of carboxylic acids is 1. The molecule has 2 heterocycles. The summed E-state index contributed by atoms with van der Waals surface area (Å²) < 4.78 is 17.0. The van der Waals surface area contributed by atoms with Gasteiger partial charge in [-0.25, -0.2) is 9.18 Å². The minimum absolute atomic E-state index is 0.0239. The third-order valence-corrected chi connectivity index (χ3v) is 7.14. The molecule has 1 aliphatic heterocycles. The minimum Gasteiger partial charge on any atom is -0.477 e. The largest absolute Gasteiger partial charge is 0.477 e. The van der Waals surface area contributed by atoms with Crippen LogP contribution in [0.3, 0.4) is 0 Å². The van der Waals surface area contributed by atoms with Crippen LogP contribution < -0.4 is 10.3 Å². The number of fused-ring (bicyclic) bond motifs is 1. The summed E-state index contributed by atoms with van der Waals surface area (Å²) in [6.07, 6.45) is 5.37. The van der Waals surface area contributed by atoms with Crippen LogP contribution in [0.25, 0.3) is 10.9 Å². The van der Waals surface area contributed by atoms with Crippen molar-refractivity contribution >= 4 is 63.6 Å². The number of rotatable bonds is 5. The molecule has 1 unspecified atom stereocenters. The molecule has 0 spiro atoms. The van der Waals surface area contributed by atoms with Gasteiger partial charge in [-0.05, 0) is 37.5 Å². The first kappa shape index (κ1) is 23.1. The molecule has 3 aromatic rings. The highest BCUT2D eigenvalue weighted by Gasteiger charge is 2.32. The van der Waals surface area contributed by atoms with E-state index in [9.17, 15) is 14.7 Å². The quantitative estimate of drug-likeness (QED) is 0.428. The van der Waals surface area contributed by atoms with Gasteiger partial charge in [0.2, 0.25) is 5.43 Å². The summed E-state index contributed by atoms with van der Waals surface area (Å²) in [6, 6.07) is 6.20. The fourth-order valence-corrected chi connectivity index (χ4v) is 5.24. The van der Waals surface area contributed by atoms with Crippen LogP contribution in [0.5, 0.6) is 0 Å². The maximum atomic E-state index is 15.3. The average Bonchev–Trinajstić information content (AvgIpc) is 3.52. The highest BCUT2D eigenvalue weighted by Crippen LogP contribution is 2.42. The van der Waals surface area contributed by atoms with Gasteiger partial charge in [-0.3, -0.25) is 9.79 Å². The fraction of sp³-hybridized carbons (Fsp3) is 0.292. The molecule has 0 radical (unpaired) electrons. The number of halogens is 4. The molecule has 5 rings (SSSR count). The second-order valence-corrected chi connectivity index (χ2v) is 9.79. The van der Waals surface area contributed by atoms with Crippen molar-refractivity contribution in [2.24, 2.45) is 4.99 Å². The lowest BCUT2D eigenvalue weighted by Gasteiger charge is -2.23. The van der Waals surface area contributed by atoms with Gasteiger partial charge in [0, 0.05) is 42.1 Å². The van der Waals surface area contributed by atoms with Crippen LogP contribution >= 0.6 is 34.8 Å². The van der Waals surface area contributed by atoms with Crippen molar-refractivity contribution in [3.8, 4) is 0 Å². The molecule has 1 saturated carbocycles.